The first-order chi connectivity index (χ1) is 14.5. The van der Waals surface area contributed by atoms with Crippen molar-refractivity contribution in [2.45, 2.75) is 0 Å². The van der Waals surface area contributed by atoms with E-state index in [0.717, 1.165) is 5.56 Å². The molecule has 0 aliphatic rings. The maximum Gasteiger partial charge on any atom is 0.180 e. The lowest BCUT2D eigenvalue weighted by molar-refractivity contribution is -0.110. The molecule has 0 heterocycles. The van der Waals surface area contributed by atoms with Crippen molar-refractivity contribution in [3.63, 3.8) is 0 Å². The molecule has 2 aromatic carbocycles. The number of methoxy groups -OCH3 is 2. The third kappa shape index (κ3) is 6.72. The highest BCUT2D eigenvalue weighted by Crippen LogP contribution is 2.27. The van der Waals surface area contributed by atoms with E-state index >= 15 is 0 Å². The lowest BCUT2D eigenvalue weighted by atomic mass is 10.1. The van der Waals surface area contributed by atoms with Crippen LogP contribution in [-0.4, -0.2) is 48.5 Å². The van der Waals surface area contributed by atoms with Gasteiger partial charge < -0.3 is 30.1 Å². The van der Waals surface area contributed by atoms with Gasteiger partial charge in [0.25, 0.3) is 0 Å². The van der Waals surface area contributed by atoms with E-state index in [1.807, 2.05) is 0 Å². The minimum atomic E-state index is -0.268. The number of hydrogen-bond acceptors (Lipinski definition) is 7. The van der Waals surface area contributed by atoms with E-state index in [-0.39, 0.29) is 30.4 Å². The first-order valence-electron chi connectivity index (χ1n) is 9.17. The van der Waals surface area contributed by atoms with Crippen molar-refractivity contribution in [2.24, 2.45) is 0 Å². The van der Waals surface area contributed by atoms with Crippen LogP contribution < -0.4 is 14.8 Å². The Labute approximate surface area is 175 Å². The van der Waals surface area contributed by atoms with Gasteiger partial charge in [-0.1, -0.05) is 24.3 Å². The quantitative estimate of drug-likeness (QED) is 0.352. The Morgan fingerprint density at radius 2 is 1.47 bits per heavy atom. The highest BCUT2D eigenvalue weighted by molar-refractivity contribution is 6.02. The Hall–Kier alpha value is -3.71. The predicted molar refractivity (Wildman–Crippen MR) is 116 cm³/mol. The molecule has 0 atom stereocenters. The number of nitrogens with one attached hydrogen (secondary N) is 1. The summed E-state index contributed by atoms with van der Waals surface area (Å²) in [6, 6.07) is 9.65. The van der Waals surface area contributed by atoms with E-state index in [0.29, 0.717) is 22.8 Å². The van der Waals surface area contributed by atoms with Gasteiger partial charge in [0.1, 0.15) is 0 Å². The van der Waals surface area contributed by atoms with Gasteiger partial charge in [-0.3, -0.25) is 4.79 Å². The van der Waals surface area contributed by atoms with Crippen LogP contribution in [0.1, 0.15) is 11.1 Å². The molecule has 0 amide bonds. The number of rotatable bonds is 10. The fourth-order valence-electron chi connectivity index (χ4n) is 2.52. The van der Waals surface area contributed by atoms with E-state index in [4.69, 9.17) is 14.6 Å². The van der Waals surface area contributed by atoms with Crippen molar-refractivity contribution in [1.82, 2.24) is 5.32 Å². The molecular weight excluding hydrogens is 386 g/mol. The molecule has 2 rings (SSSR count). The van der Waals surface area contributed by atoms with Gasteiger partial charge in [0.15, 0.2) is 28.8 Å². The van der Waals surface area contributed by atoms with Gasteiger partial charge in [-0.25, -0.2) is 0 Å². The van der Waals surface area contributed by atoms with E-state index in [2.05, 4.69) is 5.32 Å². The number of phenols is 2. The minimum Gasteiger partial charge on any atom is -0.504 e. The third-order valence-corrected chi connectivity index (χ3v) is 4.04. The number of carbonyl (C=O) groups is 1. The standard InChI is InChI=1S/C23H25NO6/c1-29-22-13-16(5-9-20(22)27)3-7-18(24-11-12-25)15-19(26)8-4-17-6-10-21(28)23(14-17)30-2/h3-10,13-15,24-25,27-28H,11-12H2,1-2H3/b7-3+,8-4+,18-15-. The number of benzene rings is 2. The summed E-state index contributed by atoms with van der Waals surface area (Å²) in [5.41, 5.74) is 1.97. The molecule has 30 heavy (non-hydrogen) atoms. The Balaban J connectivity index is 2.17. The molecule has 158 valence electrons. The summed E-state index contributed by atoms with van der Waals surface area (Å²) in [5, 5.41) is 31.3. The number of aromatic hydroxyl groups is 2. The van der Waals surface area contributed by atoms with E-state index < -0.39 is 0 Å². The molecule has 0 aliphatic carbocycles. The summed E-state index contributed by atoms with van der Waals surface area (Å²) >= 11 is 0. The topological polar surface area (TPSA) is 108 Å². The van der Waals surface area contributed by atoms with Crippen molar-refractivity contribution >= 4 is 17.9 Å². The molecule has 0 fully saturated rings. The first kappa shape index (κ1) is 22.6. The second-order valence-corrected chi connectivity index (χ2v) is 6.18. The molecule has 7 nitrogen and oxygen atoms in total. The van der Waals surface area contributed by atoms with Crippen LogP contribution in [0.5, 0.6) is 23.0 Å². The van der Waals surface area contributed by atoms with Crippen LogP contribution in [-0.2, 0) is 4.79 Å². The second kappa shape index (κ2) is 11.3. The summed E-state index contributed by atoms with van der Waals surface area (Å²) in [6.45, 7) is 0.191. The average Bonchev–Trinajstić information content (AvgIpc) is 2.75. The van der Waals surface area contributed by atoms with E-state index in [9.17, 15) is 15.0 Å². The Kier molecular flexibility index (Phi) is 8.53. The van der Waals surface area contributed by atoms with Crippen LogP contribution in [0.2, 0.25) is 0 Å². The molecule has 0 aromatic heterocycles. The molecule has 0 aliphatic heterocycles. The van der Waals surface area contributed by atoms with Crippen LogP contribution in [0, 0.1) is 0 Å². The molecular formula is C23H25NO6. The normalized spacial score (nSPS) is 11.8. The number of allylic oxidation sites excluding steroid dienone is 3. The summed E-state index contributed by atoms with van der Waals surface area (Å²) < 4.78 is 10.1. The van der Waals surface area contributed by atoms with Gasteiger partial charge in [0.2, 0.25) is 0 Å². The van der Waals surface area contributed by atoms with Crippen molar-refractivity contribution in [2.75, 3.05) is 27.4 Å². The van der Waals surface area contributed by atoms with Crippen LogP contribution in [0.3, 0.4) is 0 Å². The fourth-order valence-corrected chi connectivity index (χ4v) is 2.52. The monoisotopic (exact) mass is 411 g/mol. The lowest BCUT2D eigenvalue weighted by Crippen LogP contribution is -2.17. The summed E-state index contributed by atoms with van der Waals surface area (Å²) in [4.78, 5) is 12.3. The first-order valence-corrected chi connectivity index (χ1v) is 9.17. The third-order valence-electron chi connectivity index (χ3n) is 4.04. The van der Waals surface area contributed by atoms with Gasteiger partial charge in [0.05, 0.1) is 20.8 Å². The number of hydrogen-bond donors (Lipinski definition) is 4. The minimum absolute atomic E-state index is 0.0207. The molecule has 0 radical (unpaired) electrons. The summed E-state index contributed by atoms with van der Waals surface area (Å²) in [7, 11) is 2.91. The Morgan fingerprint density at radius 1 is 0.933 bits per heavy atom. The summed E-state index contributed by atoms with van der Waals surface area (Å²) in [6.07, 6.45) is 7.84. The lowest BCUT2D eigenvalue weighted by Gasteiger charge is -2.06. The Morgan fingerprint density at radius 3 is 1.97 bits per heavy atom. The molecule has 2 aromatic rings. The van der Waals surface area contributed by atoms with Gasteiger partial charge in [0, 0.05) is 18.3 Å². The number of phenolic OH excluding ortho intramolecular Hbond substituents is 2. The van der Waals surface area contributed by atoms with Crippen molar-refractivity contribution < 1.29 is 29.6 Å². The zero-order valence-electron chi connectivity index (χ0n) is 16.8. The van der Waals surface area contributed by atoms with Gasteiger partial charge >= 0.3 is 0 Å². The van der Waals surface area contributed by atoms with Crippen LogP contribution in [0.4, 0.5) is 0 Å². The highest BCUT2D eigenvalue weighted by atomic mass is 16.5. The Bertz CT molecular complexity index is 962. The fraction of sp³-hybridized carbons (Fsp3) is 0.174. The van der Waals surface area contributed by atoms with Crippen molar-refractivity contribution in [3.05, 3.63) is 71.5 Å². The van der Waals surface area contributed by atoms with Crippen LogP contribution in [0.15, 0.2) is 60.3 Å². The zero-order valence-corrected chi connectivity index (χ0v) is 16.8. The zero-order chi connectivity index (χ0) is 21.9. The molecule has 0 unspecified atom stereocenters. The molecule has 0 spiro atoms. The van der Waals surface area contributed by atoms with Crippen LogP contribution in [0.25, 0.3) is 12.2 Å². The maximum absolute atomic E-state index is 12.3. The summed E-state index contributed by atoms with van der Waals surface area (Å²) in [5.74, 6) is 0.449. The van der Waals surface area contributed by atoms with Gasteiger partial charge in [-0.2, -0.15) is 0 Å². The molecule has 7 heteroatoms. The molecule has 0 saturated heterocycles. The van der Waals surface area contributed by atoms with Gasteiger partial charge in [-0.05, 0) is 47.5 Å². The average molecular weight is 411 g/mol. The molecule has 0 bridgehead atoms. The second-order valence-electron chi connectivity index (χ2n) is 6.18. The highest BCUT2D eigenvalue weighted by Gasteiger charge is 2.03. The SMILES string of the molecule is COc1cc(/C=C/C(=O)/C=C(/C=C/c2ccc(O)c(OC)c2)NCCO)ccc1O. The van der Waals surface area contributed by atoms with Gasteiger partial charge in [-0.15, -0.1) is 0 Å². The van der Waals surface area contributed by atoms with Crippen molar-refractivity contribution in [1.29, 1.82) is 0 Å². The molecule has 0 saturated carbocycles. The molecule has 4 N–H and O–H groups in total. The number of ether oxygens (including phenoxy) is 2. The number of aliphatic hydroxyl groups excluding tert-OH is 1. The largest absolute Gasteiger partial charge is 0.504 e. The van der Waals surface area contributed by atoms with E-state index in [1.165, 1.54) is 38.5 Å². The van der Waals surface area contributed by atoms with Crippen LogP contribution >= 0.6 is 0 Å². The number of aliphatic hydroxyl groups is 1. The van der Waals surface area contributed by atoms with E-state index in [1.54, 1.807) is 42.5 Å². The number of ketones is 1. The predicted octanol–water partition coefficient (Wildman–Crippen LogP) is 2.88. The smallest absolute Gasteiger partial charge is 0.180 e. The number of carbonyl (C=O) groups excluding carboxylic acids is 1. The maximum atomic E-state index is 12.3. The van der Waals surface area contributed by atoms with Crippen molar-refractivity contribution in [3.8, 4) is 23.0 Å².